The maximum Gasteiger partial charge on any atom is 0.253 e. The van der Waals surface area contributed by atoms with Crippen molar-refractivity contribution in [2.45, 2.75) is 18.9 Å². The molecule has 1 aliphatic rings. The first-order valence-electron chi connectivity index (χ1n) is 10.1. The van der Waals surface area contributed by atoms with Crippen molar-refractivity contribution in [3.63, 3.8) is 0 Å². The van der Waals surface area contributed by atoms with E-state index in [1.165, 1.54) is 0 Å². The predicted octanol–water partition coefficient (Wildman–Crippen LogP) is 3.34. The van der Waals surface area contributed by atoms with Gasteiger partial charge in [0.1, 0.15) is 0 Å². The number of nitrogens with one attached hydrogen (secondary N) is 3. The van der Waals surface area contributed by atoms with E-state index in [1.54, 1.807) is 27.5 Å². The maximum atomic E-state index is 12.9. The number of piperidine rings is 1. The number of aromatic amines is 1. The Morgan fingerprint density at radius 2 is 1.67 bits per heavy atom. The van der Waals surface area contributed by atoms with Crippen molar-refractivity contribution in [2.75, 3.05) is 34.4 Å². The maximum absolute atomic E-state index is 12.9. The quantitative estimate of drug-likeness (QED) is 0.582. The van der Waals surface area contributed by atoms with Crippen LogP contribution >= 0.6 is 0 Å². The summed E-state index contributed by atoms with van der Waals surface area (Å²) in [4.78, 5) is 16.1. The Bertz CT molecular complexity index is 1030. The highest BCUT2D eigenvalue weighted by atomic mass is 16.5. The molecule has 0 radical (unpaired) electrons. The molecule has 2 aromatic carbocycles. The van der Waals surface area contributed by atoms with Crippen LogP contribution in [0.3, 0.4) is 0 Å². The summed E-state index contributed by atoms with van der Waals surface area (Å²) in [6.07, 6.45) is 3.68. The molecule has 3 aromatic rings. The Labute approximate surface area is 175 Å². The summed E-state index contributed by atoms with van der Waals surface area (Å²) in [5.74, 6) is 1.68. The van der Waals surface area contributed by atoms with Crippen molar-refractivity contribution >= 4 is 16.8 Å². The van der Waals surface area contributed by atoms with Crippen LogP contribution in [0.2, 0.25) is 0 Å². The Kier molecular flexibility index (Phi) is 5.81. The molecule has 7 heteroatoms. The number of rotatable bonds is 6. The number of methoxy groups -OCH3 is 3. The molecule has 0 spiro atoms. The molecule has 1 amide bonds. The zero-order chi connectivity index (χ0) is 21.1. The van der Waals surface area contributed by atoms with Crippen LogP contribution in [0.25, 0.3) is 22.0 Å². The average Bonchev–Trinajstić information content (AvgIpc) is 3.22. The van der Waals surface area contributed by atoms with Gasteiger partial charge in [-0.2, -0.15) is 0 Å². The summed E-state index contributed by atoms with van der Waals surface area (Å²) in [5.41, 5.74) is 3.44. The van der Waals surface area contributed by atoms with E-state index in [4.69, 9.17) is 14.2 Å². The molecule has 0 unspecified atom stereocenters. The fraction of sp³-hybridized carbons (Fsp3) is 0.348. The number of hydrogen-bond donors (Lipinski definition) is 3. The first kappa shape index (κ1) is 20.1. The van der Waals surface area contributed by atoms with Crippen LogP contribution in [0.4, 0.5) is 0 Å². The summed E-state index contributed by atoms with van der Waals surface area (Å²) in [7, 11) is 4.78. The van der Waals surface area contributed by atoms with Crippen molar-refractivity contribution < 1.29 is 19.0 Å². The van der Waals surface area contributed by atoms with E-state index in [2.05, 4.69) is 15.6 Å². The Hall–Kier alpha value is -3.19. The molecule has 0 saturated carbocycles. The van der Waals surface area contributed by atoms with E-state index in [0.29, 0.717) is 22.8 Å². The minimum Gasteiger partial charge on any atom is -0.493 e. The van der Waals surface area contributed by atoms with Crippen molar-refractivity contribution in [3.8, 4) is 28.4 Å². The van der Waals surface area contributed by atoms with E-state index >= 15 is 0 Å². The van der Waals surface area contributed by atoms with Crippen LogP contribution in [0, 0.1) is 0 Å². The van der Waals surface area contributed by atoms with Crippen LogP contribution in [0.1, 0.15) is 23.2 Å². The molecule has 158 valence electrons. The van der Waals surface area contributed by atoms with Gasteiger partial charge in [-0.1, -0.05) is 6.07 Å². The molecule has 1 saturated heterocycles. The minimum atomic E-state index is -0.0461. The molecule has 0 aliphatic carbocycles. The summed E-state index contributed by atoms with van der Waals surface area (Å²) < 4.78 is 16.4. The lowest BCUT2D eigenvalue weighted by Gasteiger charge is -2.23. The van der Waals surface area contributed by atoms with Crippen LogP contribution in [0.15, 0.2) is 36.5 Å². The van der Waals surface area contributed by atoms with Crippen LogP contribution in [-0.2, 0) is 0 Å². The van der Waals surface area contributed by atoms with Crippen molar-refractivity contribution in [1.82, 2.24) is 15.6 Å². The molecule has 1 aliphatic heterocycles. The molecule has 1 fully saturated rings. The van der Waals surface area contributed by atoms with Gasteiger partial charge in [0.15, 0.2) is 11.5 Å². The largest absolute Gasteiger partial charge is 0.493 e. The monoisotopic (exact) mass is 409 g/mol. The van der Waals surface area contributed by atoms with Crippen LogP contribution < -0.4 is 24.8 Å². The molecular formula is C23H27N3O4. The molecule has 2 heterocycles. The lowest BCUT2D eigenvalue weighted by atomic mass is 10.0. The highest BCUT2D eigenvalue weighted by Crippen LogP contribution is 2.41. The number of amides is 1. The molecule has 30 heavy (non-hydrogen) atoms. The van der Waals surface area contributed by atoms with E-state index in [0.717, 1.165) is 48.0 Å². The molecule has 0 bridgehead atoms. The van der Waals surface area contributed by atoms with Gasteiger partial charge in [-0.15, -0.1) is 0 Å². The first-order valence-corrected chi connectivity index (χ1v) is 10.1. The van der Waals surface area contributed by atoms with Gasteiger partial charge in [-0.25, -0.2) is 0 Å². The molecule has 7 nitrogen and oxygen atoms in total. The van der Waals surface area contributed by atoms with Gasteiger partial charge >= 0.3 is 0 Å². The van der Waals surface area contributed by atoms with Crippen molar-refractivity contribution in [3.05, 3.63) is 42.1 Å². The fourth-order valence-electron chi connectivity index (χ4n) is 3.97. The van der Waals surface area contributed by atoms with Gasteiger partial charge in [-0.3, -0.25) is 4.79 Å². The number of carbonyl (C=O) groups is 1. The summed E-state index contributed by atoms with van der Waals surface area (Å²) in [6.45, 7) is 1.87. The third kappa shape index (κ3) is 3.80. The lowest BCUT2D eigenvalue weighted by molar-refractivity contribution is 0.0931. The van der Waals surface area contributed by atoms with Crippen molar-refractivity contribution in [1.29, 1.82) is 0 Å². The second-order valence-electron chi connectivity index (χ2n) is 7.37. The SMILES string of the molecule is COc1cc(-c2ccc3[nH]cc(C(=O)NC4CCNCC4)c3c2)cc(OC)c1OC. The minimum absolute atomic E-state index is 0.0461. The average molecular weight is 409 g/mol. The number of benzene rings is 2. The van der Waals surface area contributed by atoms with E-state index < -0.39 is 0 Å². The highest BCUT2D eigenvalue weighted by Gasteiger charge is 2.20. The van der Waals surface area contributed by atoms with Gasteiger partial charge in [0.25, 0.3) is 5.91 Å². The number of carbonyl (C=O) groups excluding carboxylic acids is 1. The van der Waals surface area contributed by atoms with E-state index in [-0.39, 0.29) is 11.9 Å². The van der Waals surface area contributed by atoms with Gasteiger partial charge in [0.2, 0.25) is 5.75 Å². The number of hydrogen-bond acceptors (Lipinski definition) is 5. The number of fused-ring (bicyclic) bond motifs is 1. The summed E-state index contributed by atoms with van der Waals surface area (Å²) >= 11 is 0. The van der Waals surface area contributed by atoms with Gasteiger partial charge in [-0.05, 0) is 61.3 Å². The lowest BCUT2D eigenvalue weighted by Crippen LogP contribution is -2.42. The van der Waals surface area contributed by atoms with Crippen molar-refractivity contribution in [2.24, 2.45) is 0 Å². The second-order valence-corrected chi connectivity index (χ2v) is 7.37. The van der Waals surface area contributed by atoms with Gasteiger partial charge in [0.05, 0.1) is 26.9 Å². The number of ether oxygens (including phenoxy) is 3. The molecule has 0 atom stereocenters. The number of H-pyrrole nitrogens is 1. The Morgan fingerprint density at radius 3 is 2.30 bits per heavy atom. The smallest absolute Gasteiger partial charge is 0.253 e. The summed E-state index contributed by atoms with van der Waals surface area (Å²) in [5, 5.41) is 7.37. The predicted molar refractivity (Wildman–Crippen MR) is 117 cm³/mol. The zero-order valence-corrected chi connectivity index (χ0v) is 17.5. The third-order valence-corrected chi connectivity index (χ3v) is 5.60. The van der Waals surface area contributed by atoms with E-state index in [9.17, 15) is 4.79 Å². The molecule has 1 aromatic heterocycles. The summed E-state index contributed by atoms with van der Waals surface area (Å²) in [6, 6.07) is 10.0. The van der Waals surface area contributed by atoms with E-state index in [1.807, 2.05) is 30.3 Å². The Morgan fingerprint density at radius 1 is 0.967 bits per heavy atom. The molecule has 3 N–H and O–H groups in total. The normalized spacial score (nSPS) is 14.5. The van der Waals surface area contributed by atoms with Crippen LogP contribution in [-0.4, -0.2) is 51.4 Å². The second kappa shape index (κ2) is 8.67. The third-order valence-electron chi connectivity index (χ3n) is 5.60. The van der Waals surface area contributed by atoms with Gasteiger partial charge < -0.3 is 29.8 Å². The standard InChI is InChI=1S/C23H27N3O4/c1-28-20-11-15(12-21(29-2)22(20)30-3)14-4-5-19-17(10-14)18(13-25-19)23(27)26-16-6-8-24-9-7-16/h4-5,10-13,16,24-25H,6-9H2,1-3H3,(H,26,27). The van der Waals surface area contributed by atoms with Crippen LogP contribution in [0.5, 0.6) is 17.2 Å². The highest BCUT2D eigenvalue weighted by molar-refractivity contribution is 6.07. The zero-order valence-electron chi connectivity index (χ0n) is 17.5. The molecular weight excluding hydrogens is 382 g/mol. The fourth-order valence-corrected chi connectivity index (χ4v) is 3.97. The first-order chi connectivity index (χ1) is 14.6. The van der Waals surface area contributed by atoms with Gasteiger partial charge in [0, 0.05) is 23.1 Å². The number of aromatic nitrogens is 1. The Balaban J connectivity index is 1.70. The topological polar surface area (TPSA) is 84.6 Å². The molecule has 4 rings (SSSR count).